The van der Waals surface area contributed by atoms with E-state index in [2.05, 4.69) is 0 Å². The molecule has 84 valence electrons. The summed E-state index contributed by atoms with van der Waals surface area (Å²) in [7, 11) is 1.90. The Hall–Kier alpha value is -2.36. The van der Waals surface area contributed by atoms with E-state index in [0.717, 1.165) is 5.39 Å². The molecule has 0 aliphatic heterocycles. The summed E-state index contributed by atoms with van der Waals surface area (Å²) in [4.78, 5) is 11.8. The Morgan fingerprint density at radius 2 is 2.12 bits per heavy atom. The summed E-state index contributed by atoms with van der Waals surface area (Å²) in [6.07, 6.45) is 5.51. The molecule has 0 saturated carbocycles. The molecule has 0 atom stereocenters. The highest BCUT2D eigenvalue weighted by molar-refractivity contribution is 5.77. The standard InChI is InChI=1S/C13H11N2O2/c1-14-6-7-15(9-14)11-8-10-4-2-3-5-12(10)17-13(11)16/h2-9H,1H3/q+1. The smallest absolute Gasteiger partial charge is 0.384 e. The summed E-state index contributed by atoms with van der Waals surface area (Å²) < 4.78 is 8.89. The van der Waals surface area contributed by atoms with Crippen LogP contribution < -0.4 is 10.2 Å². The van der Waals surface area contributed by atoms with Crippen molar-refractivity contribution in [2.75, 3.05) is 0 Å². The number of aryl methyl sites for hydroxylation is 1. The van der Waals surface area contributed by atoms with Crippen LogP contribution in [0.5, 0.6) is 0 Å². The normalized spacial score (nSPS) is 10.9. The highest BCUT2D eigenvalue weighted by Crippen LogP contribution is 2.14. The number of nitrogens with zero attached hydrogens (tertiary/aromatic N) is 2. The summed E-state index contributed by atoms with van der Waals surface area (Å²) >= 11 is 0. The van der Waals surface area contributed by atoms with Gasteiger partial charge in [0.15, 0.2) is 0 Å². The van der Waals surface area contributed by atoms with E-state index in [0.29, 0.717) is 11.3 Å². The molecule has 0 saturated heterocycles. The van der Waals surface area contributed by atoms with E-state index in [1.807, 2.05) is 54.6 Å². The van der Waals surface area contributed by atoms with E-state index >= 15 is 0 Å². The van der Waals surface area contributed by atoms with Crippen molar-refractivity contribution in [2.45, 2.75) is 0 Å². The molecule has 3 rings (SSSR count). The van der Waals surface area contributed by atoms with E-state index in [-0.39, 0.29) is 5.63 Å². The number of fused-ring (bicyclic) bond motifs is 1. The lowest BCUT2D eigenvalue weighted by Gasteiger charge is -1.97. The van der Waals surface area contributed by atoms with E-state index in [1.54, 1.807) is 10.6 Å². The molecule has 0 spiro atoms. The summed E-state index contributed by atoms with van der Waals surface area (Å²) in [6, 6.07) is 9.31. The number of rotatable bonds is 1. The fourth-order valence-electron chi connectivity index (χ4n) is 1.82. The first-order valence-corrected chi connectivity index (χ1v) is 5.30. The van der Waals surface area contributed by atoms with Gasteiger partial charge in [0.25, 0.3) is 0 Å². The Morgan fingerprint density at radius 1 is 1.29 bits per heavy atom. The van der Waals surface area contributed by atoms with Gasteiger partial charge in [0.05, 0.1) is 7.05 Å². The quantitative estimate of drug-likeness (QED) is 0.465. The van der Waals surface area contributed by atoms with Crippen LogP contribution >= 0.6 is 0 Å². The van der Waals surface area contributed by atoms with Crippen LogP contribution in [0.3, 0.4) is 0 Å². The number of aromatic nitrogens is 2. The van der Waals surface area contributed by atoms with Gasteiger partial charge in [-0.15, -0.1) is 0 Å². The molecular formula is C13H11N2O2+. The van der Waals surface area contributed by atoms with Crippen molar-refractivity contribution in [3.8, 4) is 5.69 Å². The average molecular weight is 227 g/mol. The van der Waals surface area contributed by atoms with Crippen LogP contribution in [0, 0.1) is 0 Å². The third-order valence-corrected chi connectivity index (χ3v) is 2.67. The van der Waals surface area contributed by atoms with Crippen LogP contribution in [-0.4, -0.2) is 4.57 Å². The van der Waals surface area contributed by atoms with Crippen LogP contribution in [0.4, 0.5) is 0 Å². The molecule has 4 heteroatoms. The Kier molecular flexibility index (Phi) is 2.08. The average Bonchev–Trinajstić information content (AvgIpc) is 2.75. The molecule has 2 aromatic heterocycles. The molecule has 0 aliphatic carbocycles. The first kappa shape index (κ1) is 9.84. The minimum atomic E-state index is -0.333. The van der Waals surface area contributed by atoms with Gasteiger partial charge in [-0.3, -0.25) is 0 Å². The number of para-hydroxylation sites is 1. The van der Waals surface area contributed by atoms with Gasteiger partial charge in [0, 0.05) is 11.5 Å². The van der Waals surface area contributed by atoms with Crippen LogP contribution in [0.25, 0.3) is 16.7 Å². The second kappa shape index (κ2) is 3.59. The summed E-state index contributed by atoms with van der Waals surface area (Å²) in [5.74, 6) is 0. The SMILES string of the molecule is C[n+]1ccn(-c2cc3ccccc3oc2=O)c1. The molecule has 3 aromatic rings. The summed E-state index contributed by atoms with van der Waals surface area (Å²) in [5.41, 5.74) is 0.794. The molecule has 17 heavy (non-hydrogen) atoms. The maximum atomic E-state index is 11.8. The van der Waals surface area contributed by atoms with Crippen molar-refractivity contribution >= 4 is 11.0 Å². The van der Waals surface area contributed by atoms with Crippen molar-refractivity contribution in [3.05, 3.63) is 59.5 Å². The molecule has 1 aromatic carbocycles. The van der Waals surface area contributed by atoms with Gasteiger partial charge in [-0.05, 0) is 6.07 Å². The number of hydrogen-bond acceptors (Lipinski definition) is 2. The first-order valence-electron chi connectivity index (χ1n) is 5.30. The minimum absolute atomic E-state index is 0.333. The van der Waals surface area contributed by atoms with E-state index < -0.39 is 0 Å². The Labute approximate surface area is 97.4 Å². The molecule has 0 N–H and O–H groups in total. The topological polar surface area (TPSA) is 39.0 Å². The number of benzene rings is 1. The zero-order chi connectivity index (χ0) is 11.8. The van der Waals surface area contributed by atoms with Crippen LogP contribution in [0.15, 0.2) is 58.3 Å². The highest BCUT2D eigenvalue weighted by Gasteiger charge is 2.11. The second-order valence-corrected chi connectivity index (χ2v) is 3.94. The maximum Gasteiger partial charge on any atom is 0.384 e. The Bertz CT molecular complexity index is 740. The van der Waals surface area contributed by atoms with Gasteiger partial charge < -0.3 is 4.42 Å². The van der Waals surface area contributed by atoms with Crippen LogP contribution in [0.2, 0.25) is 0 Å². The zero-order valence-electron chi connectivity index (χ0n) is 9.33. The lowest BCUT2D eigenvalue weighted by atomic mass is 10.2. The monoisotopic (exact) mass is 227 g/mol. The van der Waals surface area contributed by atoms with Crippen molar-refractivity contribution in [2.24, 2.45) is 7.05 Å². The van der Waals surface area contributed by atoms with Gasteiger partial charge >= 0.3 is 5.63 Å². The molecule has 0 aliphatic rings. The highest BCUT2D eigenvalue weighted by atomic mass is 16.4. The van der Waals surface area contributed by atoms with Crippen molar-refractivity contribution < 1.29 is 8.98 Å². The van der Waals surface area contributed by atoms with Gasteiger partial charge in [0.2, 0.25) is 12.0 Å². The van der Waals surface area contributed by atoms with Crippen molar-refractivity contribution in [3.63, 3.8) is 0 Å². The lowest BCUT2D eigenvalue weighted by molar-refractivity contribution is -0.670. The largest absolute Gasteiger partial charge is 0.420 e. The molecule has 0 fully saturated rings. The summed E-state index contributed by atoms with van der Waals surface area (Å²) in [5, 5.41) is 0.915. The third kappa shape index (κ3) is 1.63. The molecule has 0 radical (unpaired) electrons. The van der Waals surface area contributed by atoms with Gasteiger partial charge in [-0.25, -0.2) is 9.36 Å². The lowest BCUT2D eigenvalue weighted by Crippen LogP contribution is -2.24. The number of imidazole rings is 1. The van der Waals surface area contributed by atoms with Gasteiger partial charge in [-0.1, -0.05) is 18.2 Å². The third-order valence-electron chi connectivity index (χ3n) is 2.67. The molecule has 2 heterocycles. The van der Waals surface area contributed by atoms with Gasteiger partial charge in [0.1, 0.15) is 18.0 Å². The van der Waals surface area contributed by atoms with Crippen molar-refractivity contribution in [1.29, 1.82) is 0 Å². The first-order chi connectivity index (χ1) is 8.24. The predicted octanol–water partition coefficient (Wildman–Crippen LogP) is 1.41. The Morgan fingerprint density at radius 3 is 2.88 bits per heavy atom. The minimum Gasteiger partial charge on any atom is -0.420 e. The summed E-state index contributed by atoms with van der Waals surface area (Å²) in [6.45, 7) is 0. The zero-order valence-corrected chi connectivity index (χ0v) is 9.33. The molecule has 0 amide bonds. The number of hydrogen-bond donors (Lipinski definition) is 0. The van der Waals surface area contributed by atoms with E-state index in [9.17, 15) is 4.79 Å². The van der Waals surface area contributed by atoms with Gasteiger partial charge in [-0.2, -0.15) is 4.57 Å². The fraction of sp³-hybridized carbons (Fsp3) is 0.0769. The predicted molar refractivity (Wildman–Crippen MR) is 63.0 cm³/mol. The molecule has 0 bridgehead atoms. The second-order valence-electron chi connectivity index (χ2n) is 3.94. The van der Waals surface area contributed by atoms with Crippen LogP contribution in [0.1, 0.15) is 0 Å². The van der Waals surface area contributed by atoms with E-state index in [4.69, 9.17) is 4.42 Å². The molecular weight excluding hydrogens is 216 g/mol. The van der Waals surface area contributed by atoms with Crippen LogP contribution in [-0.2, 0) is 7.05 Å². The maximum absolute atomic E-state index is 11.8. The molecule has 4 nitrogen and oxygen atoms in total. The van der Waals surface area contributed by atoms with E-state index in [1.165, 1.54) is 0 Å². The Balaban J connectivity index is 2.30. The fourth-order valence-corrected chi connectivity index (χ4v) is 1.82. The van der Waals surface area contributed by atoms with Crippen molar-refractivity contribution in [1.82, 2.24) is 4.57 Å². The molecule has 0 unspecified atom stereocenters.